The molecular weight excluding hydrogens is 266 g/mol. The van der Waals surface area contributed by atoms with Crippen molar-refractivity contribution in [3.63, 3.8) is 0 Å². The maximum Gasteiger partial charge on any atom is 0.328 e. The number of carboxylic acids is 1. The van der Waals surface area contributed by atoms with Crippen molar-refractivity contribution < 1.29 is 14.6 Å². The molecule has 2 rings (SSSR count). The Balaban J connectivity index is 2.41. The van der Waals surface area contributed by atoms with Crippen LogP contribution >= 0.6 is 0 Å². The minimum Gasteiger partial charge on any atom is -0.478 e. The number of aliphatic carboxylic acids is 1. The molecule has 0 amide bonds. The van der Waals surface area contributed by atoms with Gasteiger partial charge in [-0.05, 0) is 28.7 Å². The summed E-state index contributed by atoms with van der Waals surface area (Å²) < 4.78 is 5.40. The molecule has 0 atom stereocenters. The van der Waals surface area contributed by atoms with E-state index in [0.29, 0.717) is 13.2 Å². The van der Waals surface area contributed by atoms with Gasteiger partial charge in [0.15, 0.2) is 0 Å². The number of nitrogens with zero attached hydrogens (tertiary/aromatic N) is 1. The predicted octanol–water partition coefficient (Wildman–Crippen LogP) is 2.92. The molecule has 0 aromatic heterocycles. The number of anilines is 1. The van der Waals surface area contributed by atoms with Gasteiger partial charge in [0.2, 0.25) is 0 Å². The maximum absolute atomic E-state index is 10.8. The summed E-state index contributed by atoms with van der Waals surface area (Å²) in [7, 11) is 0. The largest absolute Gasteiger partial charge is 0.478 e. The Morgan fingerprint density at radius 2 is 1.95 bits per heavy atom. The molecule has 0 aliphatic carbocycles. The fourth-order valence-corrected chi connectivity index (χ4v) is 2.39. The van der Waals surface area contributed by atoms with Crippen molar-refractivity contribution in [2.75, 3.05) is 31.2 Å². The van der Waals surface area contributed by atoms with Gasteiger partial charge in [-0.1, -0.05) is 32.9 Å². The monoisotopic (exact) mass is 289 g/mol. The van der Waals surface area contributed by atoms with Crippen LogP contribution in [0.3, 0.4) is 0 Å². The third kappa shape index (κ3) is 4.08. The van der Waals surface area contributed by atoms with Crippen LogP contribution in [0.1, 0.15) is 31.9 Å². The van der Waals surface area contributed by atoms with Crippen LogP contribution in [0.2, 0.25) is 0 Å². The summed E-state index contributed by atoms with van der Waals surface area (Å²) in [5, 5.41) is 8.84. The first-order valence-electron chi connectivity index (χ1n) is 7.26. The SMILES string of the molecule is CC(C)(C)c1ccc(C=CC(=O)O)c(N2CCOCC2)c1. The zero-order chi connectivity index (χ0) is 15.5. The Bertz CT molecular complexity index is 537. The minimum absolute atomic E-state index is 0.0656. The zero-order valence-corrected chi connectivity index (χ0v) is 12.9. The highest BCUT2D eigenvalue weighted by molar-refractivity contribution is 5.87. The second-order valence-electron chi connectivity index (χ2n) is 6.29. The molecule has 1 aromatic rings. The van der Waals surface area contributed by atoms with E-state index in [1.807, 2.05) is 6.07 Å². The highest BCUT2D eigenvalue weighted by Crippen LogP contribution is 2.30. The summed E-state index contributed by atoms with van der Waals surface area (Å²) >= 11 is 0. The maximum atomic E-state index is 10.8. The standard InChI is InChI=1S/C17H23NO3/c1-17(2,3)14-6-4-13(5-7-16(19)20)15(12-14)18-8-10-21-11-9-18/h4-7,12H,8-11H2,1-3H3,(H,19,20). The zero-order valence-electron chi connectivity index (χ0n) is 12.9. The van der Waals surface area contributed by atoms with Crippen LogP contribution in [0.4, 0.5) is 5.69 Å². The molecule has 0 saturated carbocycles. The van der Waals surface area contributed by atoms with E-state index in [1.54, 1.807) is 6.08 Å². The van der Waals surface area contributed by atoms with Gasteiger partial charge in [-0.3, -0.25) is 0 Å². The molecule has 4 nitrogen and oxygen atoms in total. The van der Waals surface area contributed by atoms with Crippen LogP contribution in [0.5, 0.6) is 0 Å². The van der Waals surface area contributed by atoms with E-state index in [2.05, 4.69) is 37.8 Å². The predicted molar refractivity (Wildman–Crippen MR) is 84.8 cm³/mol. The lowest BCUT2D eigenvalue weighted by Crippen LogP contribution is -2.36. The van der Waals surface area contributed by atoms with E-state index in [4.69, 9.17) is 9.84 Å². The fraction of sp³-hybridized carbons (Fsp3) is 0.471. The third-order valence-electron chi connectivity index (χ3n) is 3.65. The second kappa shape index (κ2) is 6.31. The number of rotatable bonds is 3. The fourth-order valence-electron chi connectivity index (χ4n) is 2.39. The Morgan fingerprint density at radius 1 is 1.29 bits per heavy atom. The molecular formula is C17H23NO3. The Kier molecular flexibility index (Phi) is 4.68. The van der Waals surface area contributed by atoms with Gasteiger partial charge in [-0.15, -0.1) is 0 Å². The van der Waals surface area contributed by atoms with E-state index in [-0.39, 0.29) is 5.41 Å². The topological polar surface area (TPSA) is 49.8 Å². The van der Waals surface area contributed by atoms with Gasteiger partial charge in [0, 0.05) is 24.9 Å². The highest BCUT2D eigenvalue weighted by atomic mass is 16.5. The molecule has 0 bridgehead atoms. The minimum atomic E-state index is -0.928. The number of hydrogen-bond donors (Lipinski definition) is 1. The van der Waals surface area contributed by atoms with E-state index in [1.165, 1.54) is 11.6 Å². The molecule has 4 heteroatoms. The average molecular weight is 289 g/mol. The number of benzene rings is 1. The summed E-state index contributed by atoms with van der Waals surface area (Å²) in [4.78, 5) is 13.0. The molecule has 1 saturated heterocycles. The van der Waals surface area contributed by atoms with Gasteiger partial charge in [0.1, 0.15) is 0 Å². The lowest BCUT2D eigenvalue weighted by Gasteiger charge is -2.31. The normalized spacial score (nSPS) is 16.4. The molecule has 1 N–H and O–H groups in total. The van der Waals surface area contributed by atoms with Crippen molar-refractivity contribution in [1.82, 2.24) is 0 Å². The smallest absolute Gasteiger partial charge is 0.328 e. The summed E-state index contributed by atoms with van der Waals surface area (Å²) in [5.41, 5.74) is 3.34. The number of carbonyl (C=O) groups is 1. The van der Waals surface area contributed by atoms with Crippen molar-refractivity contribution in [2.24, 2.45) is 0 Å². The Morgan fingerprint density at radius 3 is 2.52 bits per heavy atom. The van der Waals surface area contributed by atoms with Crippen molar-refractivity contribution in [2.45, 2.75) is 26.2 Å². The first-order chi connectivity index (χ1) is 9.88. The molecule has 0 spiro atoms. The van der Waals surface area contributed by atoms with Crippen LogP contribution in [0.15, 0.2) is 24.3 Å². The lowest BCUT2D eigenvalue weighted by molar-refractivity contribution is -0.131. The van der Waals surface area contributed by atoms with Crippen LogP contribution in [-0.4, -0.2) is 37.4 Å². The van der Waals surface area contributed by atoms with Gasteiger partial charge in [0.25, 0.3) is 0 Å². The van der Waals surface area contributed by atoms with Crippen molar-refractivity contribution >= 4 is 17.7 Å². The third-order valence-corrected chi connectivity index (χ3v) is 3.65. The van der Waals surface area contributed by atoms with Crippen molar-refractivity contribution in [3.05, 3.63) is 35.4 Å². The second-order valence-corrected chi connectivity index (χ2v) is 6.29. The van der Waals surface area contributed by atoms with Gasteiger partial charge >= 0.3 is 5.97 Å². The quantitative estimate of drug-likeness (QED) is 0.869. The van der Waals surface area contributed by atoms with Crippen LogP contribution in [0, 0.1) is 0 Å². The molecule has 0 unspecified atom stereocenters. The van der Waals surface area contributed by atoms with Gasteiger partial charge in [-0.25, -0.2) is 4.79 Å². The summed E-state index contributed by atoms with van der Waals surface area (Å²) in [6.07, 6.45) is 2.86. The Labute approximate surface area is 126 Å². The molecule has 1 fully saturated rings. The molecule has 1 aliphatic heterocycles. The first-order valence-corrected chi connectivity index (χ1v) is 7.26. The van der Waals surface area contributed by atoms with Gasteiger partial charge < -0.3 is 14.7 Å². The Hall–Kier alpha value is -1.81. The number of carboxylic acid groups (broad SMARTS) is 1. The van der Waals surface area contributed by atoms with Gasteiger partial charge in [0.05, 0.1) is 13.2 Å². The van der Waals surface area contributed by atoms with E-state index >= 15 is 0 Å². The van der Waals surface area contributed by atoms with E-state index < -0.39 is 5.97 Å². The number of morpholine rings is 1. The number of hydrogen-bond acceptors (Lipinski definition) is 3. The molecule has 114 valence electrons. The molecule has 1 heterocycles. The van der Waals surface area contributed by atoms with Crippen molar-refractivity contribution in [1.29, 1.82) is 0 Å². The first kappa shape index (κ1) is 15.6. The van der Waals surface area contributed by atoms with E-state index in [9.17, 15) is 4.79 Å². The molecule has 1 aromatic carbocycles. The van der Waals surface area contributed by atoms with Gasteiger partial charge in [-0.2, -0.15) is 0 Å². The summed E-state index contributed by atoms with van der Waals surface area (Å²) in [6.45, 7) is 9.63. The van der Waals surface area contributed by atoms with Crippen LogP contribution in [-0.2, 0) is 14.9 Å². The van der Waals surface area contributed by atoms with Crippen LogP contribution < -0.4 is 4.90 Å². The van der Waals surface area contributed by atoms with Crippen LogP contribution in [0.25, 0.3) is 6.08 Å². The highest BCUT2D eigenvalue weighted by Gasteiger charge is 2.19. The number of ether oxygens (including phenoxy) is 1. The molecule has 1 aliphatic rings. The van der Waals surface area contributed by atoms with E-state index in [0.717, 1.165) is 24.3 Å². The summed E-state index contributed by atoms with van der Waals surface area (Å²) in [6, 6.07) is 6.25. The lowest BCUT2D eigenvalue weighted by atomic mass is 9.86. The average Bonchev–Trinajstić information content (AvgIpc) is 2.45. The molecule has 0 radical (unpaired) electrons. The summed E-state index contributed by atoms with van der Waals surface area (Å²) in [5.74, 6) is -0.928. The van der Waals surface area contributed by atoms with Crippen molar-refractivity contribution in [3.8, 4) is 0 Å². The molecule has 21 heavy (non-hydrogen) atoms.